The Morgan fingerprint density at radius 2 is 0.838 bits per heavy atom. The number of anilines is 6. The van der Waals surface area contributed by atoms with E-state index >= 15 is 0 Å². The molecule has 68 heavy (non-hydrogen) atoms. The molecule has 12 aromatic rings. The Balaban J connectivity index is 1.04. The molecule has 0 N–H and O–H groups in total. The third-order valence-electron chi connectivity index (χ3n) is 14.5. The van der Waals surface area contributed by atoms with Gasteiger partial charge in [-0.25, -0.2) is 0 Å². The predicted molar refractivity (Wildman–Crippen MR) is 284 cm³/mol. The van der Waals surface area contributed by atoms with E-state index in [4.69, 9.17) is 0 Å². The zero-order valence-electron chi connectivity index (χ0n) is 37.2. The summed E-state index contributed by atoms with van der Waals surface area (Å²) in [5.74, 6) is 0. The maximum absolute atomic E-state index is 2.51. The minimum absolute atomic E-state index is 0.582. The van der Waals surface area contributed by atoms with Gasteiger partial charge >= 0.3 is 0 Å². The molecule has 14 rings (SSSR count). The molecule has 1 spiro atoms. The largest absolute Gasteiger partial charge is 0.310 e. The first-order chi connectivity index (χ1) is 33.8. The van der Waals surface area contributed by atoms with Gasteiger partial charge in [-0.3, -0.25) is 0 Å². The molecule has 0 fully saturated rings. The summed E-state index contributed by atoms with van der Waals surface area (Å²) in [6, 6.07) is 96.2. The van der Waals surface area contributed by atoms with Crippen molar-refractivity contribution in [3.8, 4) is 27.9 Å². The second-order valence-corrected chi connectivity index (χ2v) is 18.0. The Kier molecular flexibility index (Phi) is 8.50. The molecule has 1 atom stereocenters. The standard InChI is InChI=1S/C65H43N3/c1-4-21-46(22-5-1)67(47-23-6-2-7-24-47)62-34-18-32-59-64(62)56-29-13-16-31-58(56)65(59)57-30-15-12-27-52(57)53-39-37-50(42-60(53)65)66(49-36-35-44-19-10-11-20-45(44)41-49)51-38-40-55-54-28-14-17-33-61(54)68(63(55)43-51)48-25-8-3-9-26-48/h1-43H. The van der Waals surface area contributed by atoms with Crippen molar-refractivity contribution in [3.05, 3.63) is 283 Å². The van der Waals surface area contributed by atoms with Crippen LogP contribution >= 0.6 is 0 Å². The number of fused-ring (bicyclic) bond motifs is 14. The summed E-state index contributed by atoms with van der Waals surface area (Å²) in [7, 11) is 0. The van der Waals surface area contributed by atoms with Crippen LogP contribution in [0.2, 0.25) is 0 Å². The molecular formula is C65H43N3. The van der Waals surface area contributed by atoms with Gasteiger partial charge in [0.15, 0.2) is 0 Å². The molecule has 2 aliphatic carbocycles. The first kappa shape index (κ1) is 38.4. The van der Waals surface area contributed by atoms with Crippen LogP contribution in [0.1, 0.15) is 22.3 Å². The van der Waals surface area contributed by atoms with Crippen molar-refractivity contribution >= 4 is 66.7 Å². The lowest BCUT2D eigenvalue weighted by Gasteiger charge is -2.33. The smallest absolute Gasteiger partial charge is 0.0727 e. The fourth-order valence-electron chi connectivity index (χ4n) is 11.8. The average Bonchev–Trinajstić information content (AvgIpc) is 4.01. The summed E-state index contributed by atoms with van der Waals surface area (Å²) < 4.78 is 2.42. The van der Waals surface area contributed by atoms with E-state index in [0.717, 1.165) is 39.8 Å². The van der Waals surface area contributed by atoms with Crippen LogP contribution in [-0.4, -0.2) is 4.57 Å². The molecule has 0 amide bonds. The SMILES string of the molecule is c1ccc(N(c2ccccc2)c2cccc3c2-c2ccccc2C32c3ccccc3-c3ccc(N(c4ccc5ccccc5c4)c4ccc5c6ccccc6n(-c6ccccc6)c5c4)cc32)cc1. The monoisotopic (exact) mass is 865 g/mol. The van der Waals surface area contributed by atoms with Crippen molar-refractivity contribution in [1.82, 2.24) is 4.57 Å². The van der Waals surface area contributed by atoms with Crippen molar-refractivity contribution in [3.63, 3.8) is 0 Å². The van der Waals surface area contributed by atoms with E-state index in [2.05, 4.69) is 275 Å². The molecule has 0 saturated carbocycles. The number of nitrogens with zero attached hydrogens (tertiary/aromatic N) is 3. The molecule has 1 unspecified atom stereocenters. The van der Waals surface area contributed by atoms with Gasteiger partial charge in [0.05, 0.1) is 22.1 Å². The molecule has 11 aromatic carbocycles. The van der Waals surface area contributed by atoms with Crippen LogP contribution in [-0.2, 0) is 5.41 Å². The van der Waals surface area contributed by atoms with E-state index in [1.54, 1.807) is 0 Å². The van der Waals surface area contributed by atoms with Gasteiger partial charge in [0.1, 0.15) is 0 Å². The second kappa shape index (κ2) is 15.1. The number of hydrogen-bond donors (Lipinski definition) is 0. The third-order valence-corrected chi connectivity index (χ3v) is 14.5. The lowest BCUT2D eigenvalue weighted by Crippen LogP contribution is -2.26. The third kappa shape index (κ3) is 5.54. The van der Waals surface area contributed by atoms with Gasteiger partial charge in [0, 0.05) is 50.5 Å². The minimum atomic E-state index is -0.582. The van der Waals surface area contributed by atoms with E-state index < -0.39 is 5.41 Å². The van der Waals surface area contributed by atoms with Crippen molar-refractivity contribution < 1.29 is 0 Å². The molecule has 0 radical (unpaired) electrons. The van der Waals surface area contributed by atoms with Crippen LogP contribution in [0.4, 0.5) is 34.1 Å². The van der Waals surface area contributed by atoms with Gasteiger partial charge in [-0.2, -0.15) is 0 Å². The zero-order chi connectivity index (χ0) is 44.8. The lowest BCUT2D eigenvalue weighted by atomic mass is 9.70. The Bertz CT molecular complexity index is 3890. The quantitative estimate of drug-likeness (QED) is 0.158. The predicted octanol–water partition coefficient (Wildman–Crippen LogP) is 17.2. The van der Waals surface area contributed by atoms with Gasteiger partial charge < -0.3 is 14.4 Å². The van der Waals surface area contributed by atoms with Gasteiger partial charge in [0.2, 0.25) is 0 Å². The molecule has 2 aliphatic rings. The maximum Gasteiger partial charge on any atom is 0.0727 e. The highest BCUT2D eigenvalue weighted by Gasteiger charge is 2.52. The summed E-state index contributed by atoms with van der Waals surface area (Å²) in [4.78, 5) is 4.90. The highest BCUT2D eigenvalue weighted by Crippen LogP contribution is 2.65. The Hall–Kier alpha value is -8.92. The Labute approximate surface area is 395 Å². The maximum atomic E-state index is 2.51. The van der Waals surface area contributed by atoms with Crippen LogP contribution in [0.5, 0.6) is 0 Å². The fraction of sp³-hybridized carbons (Fsp3) is 0.0154. The highest BCUT2D eigenvalue weighted by atomic mass is 15.2. The van der Waals surface area contributed by atoms with Crippen LogP contribution in [0.15, 0.2) is 261 Å². The first-order valence-corrected chi connectivity index (χ1v) is 23.5. The number of hydrogen-bond acceptors (Lipinski definition) is 2. The summed E-state index contributed by atoms with van der Waals surface area (Å²) in [5, 5.41) is 4.88. The number of benzene rings is 11. The average molecular weight is 866 g/mol. The van der Waals surface area contributed by atoms with Gasteiger partial charge in [0.25, 0.3) is 0 Å². The molecule has 1 aromatic heterocycles. The number of aromatic nitrogens is 1. The van der Waals surface area contributed by atoms with E-state index in [-0.39, 0.29) is 0 Å². The van der Waals surface area contributed by atoms with E-state index in [1.165, 1.54) is 77.1 Å². The van der Waals surface area contributed by atoms with Gasteiger partial charge in [-0.05, 0) is 135 Å². The second-order valence-electron chi connectivity index (χ2n) is 18.0. The highest BCUT2D eigenvalue weighted by molar-refractivity contribution is 6.11. The summed E-state index contributed by atoms with van der Waals surface area (Å²) in [5.41, 5.74) is 19.9. The van der Waals surface area contributed by atoms with Crippen molar-refractivity contribution in [2.45, 2.75) is 5.41 Å². The van der Waals surface area contributed by atoms with E-state index in [1.807, 2.05) is 0 Å². The lowest BCUT2D eigenvalue weighted by molar-refractivity contribution is 0.793. The normalized spacial score (nSPS) is 14.2. The van der Waals surface area contributed by atoms with Crippen LogP contribution in [0, 0.1) is 0 Å². The molecule has 0 saturated heterocycles. The number of para-hydroxylation sites is 4. The minimum Gasteiger partial charge on any atom is -0.310 e. The Morgan fingerprint density at radius 1 is 0.294 bits per heavy atom. The van der Waals surface area contributed by atoms with Crippen LogP contribution in [0.3, 0.4) is 0 Å². The van der Waals surface area contributed by atoms with Crippen molar-refractivity contribution in [2.24, 2.45) is 0 Å². The Morgan fingerprint density at radius 3 is 1.62 bits per heavy atom. The summed E-state index contributed by atoms with van der Waals surface area (Å²) in [6.45, 7) is 0. The molecule has 3 heteroatoms. The molecule has 318 valence electrons. The first-order valence-electron chi connectivity index (χ1n) is 23.5. The summed E-state index contributed by atoms with van der Waals surface area (Å²) >= 11 is 0. The van der Waals surface area contributed by atoms with E-state index in [9.17, 15) is 0 Å². The molecule has 3 nitrogen and oxygen atoms in total. The topological polar surface area (TPSA) is 11.4 Å². The summed E-state index contributed by atoms with van der Waals surface area (Å²) in [6.07, 6.45) is 0. The molecule has 0 bridgehead atoms. The number of rotatable bonds is 7. The fourth-order valence-corrected chi connectivity index (χ4v) is 11.8. The zero-order valence-corrected chi connectivity index (χ0v) is 37.2. The van der Waals surface area contributed by atoms with Crippen LogP contribution < -0.4 is 9.80 Å². The molecule has 0 aliphatic heterocycles. The van der Waals surface area contributed by atoms with Crippen molar-refractivity contribution in [2.75, 3.05) is 9.80 Å². The van der Waals surface area contributed by atoms with E-state index in [0.29, 0.717) is 0 Å². The van der Waals surface area contributed by atoms with Gasteiger partial charge in [-0.1, -0.05) is 176 Å². The molecule has 1 heterocycles. The van der Waals surface area contributed by atoms with Crippen LogP contribution in [0.25, 0.3) is 60.5 Å². The molecular weight excluding hydrogens is 823 g/mol. The van der Waals surface area contributed by atoms with Crippen molar-refractivity contribution in [1.29, 1.82) is 0 Å². The van der Waals surface area contributed by atoms with Gasteiger partial charge in [-0.15, -0.1) is 0 Å².